The first-order valence-corrected chi connectivity index (χ1v) is 10.9. The van der Waals surface area contributed by atoms with Gasteiger partial charge in [-0.15, -0.1) is 5.10 Å². The van der Waals surface area contributed by atoms with Gasteiger partial charge in [0.15, 0.2) is 0 Å². The number of nitrogens with zero attached hydrogens (tertiary/aromatic N) is 4. The largest absolute Gasteiger partial charge is 0.491 e. The van der Waals surface area contributed by atoms with Crippen LogP contribution in [0, 0.1) is 5.82 Å². The molecular formula is C24H21FN4O5. The van der Waals surface area contributed by atoms with Crippen LogP contribution in [0.15, 0.2) is 47.5 Å². The molecule has 3 aromatic rings. The average molecular weight is 464 g/mol. The lowest BCUT2D eigenvalue weighted by molar-refractivity contribution is -0.141. The Morgan fingerprint density at radius 2 is 1.76 bits per heavy atom. The van der Waals surface area contributed by atoms with Gasteiger partial charge in [0.05, 0.1) is 31.3 Å². The van der Waals surface area contributed by atoms with E-state index in [1.165, 1.54) is 17.9 Å². The number of aromatic nitrogens is 3. The summed E-state index contributed by atoms with van der Waals surface area (Å²) in [6.45, 7) is 0.0875. The Morgan fingerprint density at radius 3 is 2.47 bits per heavy atom. The number of hydrogen-bond donors (Lipinski definition) is 0. The van der Waals surface area contributed by atoms with Gasteiger partial charge >= 0.3 is 5.97 Å². The van der Waals surface area contributed by atoms with Gasteiger partial charge in [-0.05, 0) is 43.9 Å². The van der Waals surface area contributed by atoms with E-state index in [-0.39, 0.29) is 24.2 Å². The number of fused-ring (bicyclic) bond motifs is 1. The third-order valence-electron chi connectivity index (χ3n) is 6.03. The van der Waals surface area contributed by atoms with E-state index in [1.807, 2.05) is 0 Å². The molecule has 1 aliphatic heterocycles. The summed E-state index contributed by atoms with van der Waals surface area (Å²) < 4.78 is 26.9. The molecule has 2 aliphatic rings. The Hall–Kier alpha value is -4.08. The van der Waals surface area contributed by atoms with E-state index < -0.39 is 23.6 Å². The average Bonchev–Trinajstić information content (AvgIpc) is 3.37. The molecule has 0 atom stereocenters. The molecule has 174 valence electrons. The standard InChI is InChI=1S/C24H21FN4O5/c1-33-22(30)10-11-34-21-9-5-4-8-18(21)29-20-13-19(16(25)12-17(20)26-27-29)28-23(31)14-6-2-3-7-15(14)24(28)32/h4-5,8-9,12-13H,2-3,6-7,10-11H2,1H3. The van der Waals surface area contributed by atoms with Crippen molar-refractivity contribution in [2.75, 3.05) is 18.6 Å². The van der Waals surface area contributed by atoms with Crippen molar-refractivity contribution in [1.29, 1.82) is 0 Å². The molecule has 0 unspecified atom stereocenters. The van der Waals surface area contributed by atoms with E-state index in [1.54, 1.807) is 24.3 Å². The second-order valence-electron chi connectivity index (χ2n) is 8.05. The zero-order valence-corrected chi connectivity index (χ0v) is 18.4. The monoisotopic (exact) mass is 464 g/mol. The van der Waals surface area contributed by atoms with Gasteiger partial charge in [0.2, 0.25) is 0 Å². The highest BCUT2D eigenvalue weighted by molar-refractivity contribution is 6.33. The first-order valence-electron chi connectivity index (χ1n) is 10.9. The van der Waals surface area contributed by atoms with Crippen molar-refractivity contribution in [3.63, 3.8) is 0 Å². The van der Waals surface area contributed by atoms with Crippen molar-refractivity contribution in [3.8, 4) is 11.4 Å². The number of imide groups is 1. The van der Waals surface area contributed by atoms with Gasteiger partial charge in [-0.2, -0.15) is 0 Å². The Balaban J connectivity index is 1.53. The molecule has 2 amide bonds. The second kappa shape index (κ2) is 8.69. The minimum atomic E-state index is -0.733. The lowest BCUT2D eigenvalue weighted by Crippen LogP contribution is -2.32. The summed E-state index contributed by atoms with van der Waals surface area (Å²) in [6, 6.07) is 9.54. The van der Waals surface area contributed by atoms with Gasteiger partial charge in [0.25, 0.3) is 11.8 Å². The number of rotatable bonds is 6. The number of amides is 2. The molecule has 34 heavy (non-hydrogen) atoms. The van der Waals surface area contributed by atoms with Gasteiger partial charge < -0.3 is 9.47 Å². The molecule has 10 heteroatoms. The summed E-state index contributed by atoms with van der Waals surface area (Å²) >= 11 is 0. The van der Waals surface area contributed by atoms with Crippen LogP contribution < -0.4 is 9.64 Å². The molecular weight excluding hydrogens is 443 g/mol. The summed E-state index contributed by atoms with van der Waals surface area (Å²) in [5, 5.41) is 8.18. The Morgan fingerprint density at radius 1 is 1.06 bits per heavy atom. The highest BCUT2D eigenvalue weighted by atomic mass is 19.1. The molecule has 0 bridgehead atoms. The molecule has 1 aromatic heterocycles. The maximum atomic E-state index is 15.1. The summed E-state index contributed by atoms with van der Waals surface area (Å²) in [6.07, 6.45) is 2.77. The van der Waals surface area contributed by atoms with Crippen LogP contribution >= 0.6 is 0 Å². The van der Waals surface area contributed by atoms with Gasteiger partial charge in [0, 0.05) is 17.2 Å². The maximum Gasteiger partial charge on any atom is 0.308 e. The number of hydrogen-bond acceptors (Lipinski definition) is 7. The molecule has 0 N–H and O–H groups in total. The SMILES string of the molecule is COC(=O)CCOc1ccccc1-n1nnc2cc(F)c(N3C(=O)C4=C(CCCC4)C3=O)cc21. The van der Waals surface area contributed by atoms with Crippen LogP contribution in [0.4, 0.5) is 10.1 Å². The van der Waals surface area contributed by atoms with Crippen molar-refractivity contribution >= 4 is 34.5 Å². The normalized spacial score (nSPS) is 15.8. The summed E-state index contributed by atoms with van der Waals surface area (Å²) in [4.78, 5) is 38.3. The second-order valence-corrected chi connectivity index (χ2v) is 8.05. The Bertz CT molecular complexity index is 1330. The summed E-state index contributed by atoms with van der Waals surface area (Å²) in [5.74, 6) is -1.65. The van der Waals surface area contributed by atoms with Crippen molar-refractivity contribution < 1.29 is 28.2 Å². The fourth-order valence-corrected chi connectivity index (χ4v) is 4.34. The van der Waals surface area contributed by atoms with E-state index in [4.69, 9.17) is 4.74 Å². The molecule has 5 rings (SSSR count). The minimum Gasteiger partial charge on any atom is -0.491 e. The highest BCUT2D eigenvalue weighted by Crippen LogP contribution is 2.38. The smallest absolute Gasteiger partial charge is 0.308 e. The van der Waals surface area contributed by atoms with Gasteiger partial charge in [-0.3, -0.25) is 14.4 Å². The van der Waals surface area contributed by atoms with Crippen LogP contribution in [-0.2, 0) is 19.1 Å². The van der Waals surface area contributed by atoms with Crippen molar-refractivity contribution in [2.24, 2.45) is 0 Å². The molecule has 0 fully saturated rings. The summed E-state index contributed by atoms with van der Waals surface area (Å²) in [5.41, 5.74) is 1.97. The fraction of sp³-hybridized carbons (Fsp3) is 0.292. The lowest BCUT2D eigenvalue weighted by Gasteiger charge is -2.16. The Labute approximate surface area is 193 Å². The number of para-hydroxylation sites is 2. The first kappa shape index (κ1) is 21.7. The predicted octanol–water partition coefficient (Wildman–Crippen LogP) is 3.25. The zero-order chi connectivity index (χ0) is 23.8. The minimum absolute atomic E-state index is 0.0646. The van der Waals surface area contributed by atoms with Crippen LogP contribution in [0.2, 0.25) is 0 Å². The van der Waals surface area contributed by atoms with Crippen molar-refractivity contribution in [2.45, 2.75) is 32.1 Å². The molecule has 2 aromatic carbocycles. The molecule has 2 heterocycles. The predicted molar refractivity (Wildman–Crippen MR) is 119 cm³/mol. The first-order chi connectivity index (χ1) is 16.5. The fourth-order valence-electron chi connectivity index (χ4n) is 4.34. The number of anilines is 1. The van der Waals surface area contributed by atoms with Crippen LogP contribution in [0.1, 0.15) is 32.1 Å². The molecule has 1 aliphatic carbocycles. The van der Waals surface area contributed by atoms with Crippen molar-refractivity contribution in [3.05, 3.63) is 53.4 Å². The zero-order valence-electron chi connectivity index (χ0n) is 18.4. The molecule has 0 spiro atoms. The number of methoxy groups -OCH3 is 1. The third kappa shape index (κ3) is 3.60. The van der Waals surface area contributed by atoms with Gasteiger partial charge in [-0.25, -0.2) is 14.0 Å². The number of esters is 1. The molecule has 0 saturated heterocycles. The van der Waals surface area contributed by atoms with Gasteiger partial charge in [0.1, 0.15) is 22.8 Å². The van der Waals surface area contributed by atoms with Crippen LogP contribution in [0.3, 0.4) is 0 Å². The number of ether oxygens (including phenoxy) is 2. The van der Waals surface area contributed by atoms with E-state index >= 15 is 4.39 Å². The van der Waals surface area contributed by atoms with Crippen LogP contribution in [0.5, 0.6) is 5.75 Å². The van der Waals surface area contributed by atoms with Gasteiger partial charge in [-0.1, -0.05) is 17.3 Å². The number of benzene rings is 2. The number of halogens is 1. The molecule has 0 radical (unpaired) electrons. The molecule has 0 saturated carbocycles. The number of carbonyl (C=O) groups is 3. The van der Waals surface area contributed by atoms with Crippen LogP contribution in [-0.4, -0.2) is 46.5 Å². The maximum absolute atomic E-state index is 15.1. The van der Waals surface area contributed by atoms with Crippen LogP contribution in [0.25, 0.3) is 16.7 Å². The molecule has 9 nitrogen and oxygen atoms in total. The number of carbonyl (C=O) groups excluding carboxylic acids is 3. The highest BCUT2D eigenvalue weighted by Gasteiger charge is 2.41. The quantitative estimate of drug-likeness (QED) is 0.407. The van der Waals surface area contributed by atoms with E-state index in [9.17, 15) is 14.4 Å². The van der Waals surface area contributed by atoms with E-state index in [2.05, 4.69) is 15.0 Å². The van der Waals surface area contributed by atoms with E-state index in [0.29, 0.717) is 40.9 Å². The third-order valence-corrected chi connectivity index (χ3v) is 6.03. The lowest BCUT2D eigenvalue weighted by atomic mass is 9.93. The summed E-state index contributed by atoms with van der Waals surface area (Å²) in [7, 11) is 1.30. The van der Waals surface area contributed by atoms with Crippen molar-refractivity contribution in [1.82, 2.24) is 15.0 Å². The Kier molecular flexibility index (Phi) is 5.56. The van der Waals surface area contributed by atoms with E-state index in [0.717, 1.165) is 23.8 Å². The topological polar surface area (TPSA) is 104 Å².